The molecule has 2 aromatic heterocycles. The molecule has 0 radical (unpaired) electrons. The molecule has 0 spiro atoms. The van der Waals surface area contributed by atoms with E-state index in [0.29, 0.717) is 22.2 Å². The molecule has 0 aromatic carbocycles. The fourth-order valence-corrected chi connectivity index (χ4v) is 4.43. The molecule has 6 heteroatoms. The molecule has 0 aliphatic heterocycles. The van der Waals surface area contributed by atoms with Crippen molar-refractivity contribution in [1.82, 2.24) is 0 Å². The normalized spacial score (nSPS) is 16.7. The third-order valence-corrected chi connectivity index (χ3v) is 5.41. The monoisotopic (exact) mass is 373 g/mol. The van der Waals surface area contributed by atoms with Crippen LogP contribution in [0.2, 0.25) is 0 Å². The van der Waals surface area contributed by atoms with E-state index in [9.17, 15) is 9.59 Å². The van der Waals surface area contributed by atoms with E-state index in [1.54, 1.807) is 24.5 Å². The van der Waals surface area contributed by atoms with Crippen LogP contribution in [0.15, 0.2) is 28.9 Å². The van der Waals surface area contributed by atoms with Gasteiger partial charge in [0.2, 0.25) is 5.91 Å². The fourth-order valence-electron chi connectivity index (χ4n) is 3.03. The summed E-state index contributed by atoms with van der Waals surface area (Å²) in [7, 11) is 0. The lowest BCUT2D eigenvalue weighted by Gasteiger charge is -2.18. The number of carbonyl (C=O) groups excluding carboxylic acids is 2. The Morgan fingerprint density at radius 2 is 2.23 bits per heavy atom. The maximum Gasteiger partial charge on any atom is 0.341 e. The average Bonchev–Trinajstić information content (AvgIpc) is 3.18. The number of carbonyl (C=O) groups is 2. The van der Waals surface area contributed by atoms with E-state index in [0.717, 1.165) is 24.8 Å². The summed E-state index contributed by atoms with van der Waals surface area (Å²) >= 11 is 1.48. The third kappa shape index (κ3) is 4.25. The first-order valence-corrected chi connectivity index (χ1v) is 9.63. The molecule has 0 bridgehead atoms. The van der Waals surface area contributed by atoms with Crippen molar-refractivity contribution in [2.24, 2.45) is 5.92 Å². The second-order valence-corrected chi connectivity index (χ2v) is 7.95. The maximum absolute atomic E-state index is 12.6. The summed E-state index contributed by atoms with van der Waals surface area (Å²) in [5.41, 5.74) is 1.55. The Labute approximate surface area is 157 Å². The lowest BCUT2D eigenvalue weighted by Crippen LogP contribution is -2.18. The molecular weight excluding hydrogens is 350 g/mol. The molecular formula is C20H23NO4S. The van der Waals surface area contributed by atoms with Gasteiger partial charge in [0, 0.05) is 11.0 Å². The number of esters is 1. The van der Waals surface area contributed by atoms with Crippen LogP contribution in [0.4, 0.5) is 5.00 Å². The van der Waals surface area contributed by atoms with Gasteiger partial charge in [0.05, 0.1) is 17.9 Å². The highest BCUT2D eigenvalue weighted by molar-refractivity contribution is 7.17. The Hall–Kier alpha value is -2.34. The molecule has 1 aliphatic rings. The molecule has 1 aliphatic carbocycles. The molecule has 1 atom stereocenters. The van der Waals surface area contributed by atoms with Crippen LogP contribution in [0.25, 0.3) is 6.08 Å². The number of furan rings is 1. The predicted molar refractivity (Wildman–Crippen MR) is 102 cm³/mol. The second kappa shape index (κ2) is 7.91. The van der Waals surface area contributed by atoms with E-state index in [1.165, 1.54) is 22.3 Å². The fraction of sp³-hybridized carbons (Fsp3) is 0.400. The summed E-state index contributed by atoms with van der Waals surface area (Å²) in [6, 6.07) is 3.52. The molecule has 138 valence electrons. The number of nitrogens with one attached hydrogen (secondary N) is 1. The standard InChI is InChI=1S/C20H23NO4S/c1-12(2)25-20(23)18-15-8-6-13(3)11-16(15)26-19(18)21-17(22)9-7-14-5-4-10-24-14/h4-5,7,9-10,12-13H,6,8,11H2,1-3H3,(H,21,22)/b9-7+/t13-/m1/s1. The number of hydrogen-bond acceptors (Lipinski definition) is 5. The van der Waals surface area contributed by atoms with Gasteiger partial charge >= 0.3 is 5.97 Å². The van der Waals surface area contributed by atoms with Crippen LogP contribution in [0.5, 0.6) is 0 Å². The summed E-state index contributed by atoms with van der Waals surface area (Å²) in [6.45, 7) is 5.85. The summed E-state index contributed by atoms with van der Waals surface area (Å²) in [5.74, 6) is 0.514. The summed E-state index contributed by atoms with van der Waals surface area (Å²) in [5, 5.41) is 3.42. The van der Waals surface area contributed by atoms with Gasteiger partial charge in [0.15, 0.2) is 0 Å². The molecule has 0 saturated carbocycles. The molecule has 1 amide bonds. The van der Waals surface area contributed by atoms with E-state index in [4.69, 9.17) is 9.15 Å². The third-order valence-electron chi connectivity index (χ3n) is 4.24. The van der Waals surface area contributed by atoms with Gasteiger partial charge in [0.25, 0.3) is 0 Å². The molecule has 1 N–H and O–H groups in total. The van der Waals surface area contributed by atoms with Gasteiger partial charge in [0.1, 0.15) is 10.8 Å². The number of ether oxygens (including phenoxy) is 1. The Morgan fingerprint density at radius 3 is 2.92 bits per heavy atom. The first kappa shape index (κ1) is 18.5. The average molecular weight is 373 g/mol. The number of hydrogen-bond donors (Lipinski definition) is 1. The second-order valence-electron chi connectivity index (χ2n) is 6.85. The van der Waals surface area contributed by atoms with E-state index in [-0.39, 0.29) is 18.0 Å². The SMILES string of the molecule is CC(C)OC(=O)c1c(NC(=O)/C=C/c2ccco2)sc2c1CC[C@@H](C)C2. The van der Waals surface area contributed by atoms with Crippen LogP contribution in [0.1, 0.15) is 53.8 Å². The minimum Gasteiger partial charge on any atom is -0.465 e. The van der Waals surface area contributed by atoms with Crippen LogP contribution in [-0.4, -0.2) is 18.0 Å². The minimum atomic E-state index is -0.364. The molecule has 2 heterocycles. The molecule has 3 rings (SSSR count). The highest BCUT2D eigenvalue weighted by atomic mass is 32.1. The van der Waals surface area contributed by atoms with Crippen molar-refractivity contribution in [3.63, 3.8) is 0 Å². The van der Waals surface area contributed by atoms with Crippen molar-refractivity contribution in [2.75, 3.05) is 5.32 Å². The smallest absolute Gasteiger partial charge is 0.341 e. The van der Waals surface area contributed by atoms with Gasteiger partial charge < -0.3 is 14.5 Å². The number of amides is 1. The van der Waals surface area contributed by atoms with Crippen LogP contribution in [0, 0.1) is 5.92 Å². The summed E-state index contributed by atoms with van der Waals surface area (Å²) in [4.78, 5) is 26.1. The molecule has 0 unspecified atom stereocenters. The van der Waals surface area contributed by atoms with Crippen molar-refractivity contribution >= 4 is 34.3 Å². The maximum atomic E-state index is 12.6. The minimum absolute atomic E-state index is 0.206. The van der Waals surface area contributed by atoms with Crippen molar-refractivity contribution < 1.29 is 18.7 Å². The Balaban J connectivity index is 1.85. The number of anilines is 1. The zero-order valence-electron chi connectivity index (χ0n) is 15.2. The van der Waals surface area contributed by atoms with Crippen LogP contribution in [-0.2, 0) is 22.4 Å². The predicted octanol–water partition coefficient (Wildman–Crippen LogP) is 4.68. The van der Waals surface area contributed by atoms with Crippen molar-refractivity contribution in [3.8, 4) is 0 Å². The van der Waals surface area contributed by atoms with Gasteiger partial charge in [-0.1, -0.05) is 6.92 Å². The molecule has 0 saturated heterocycles. The van der Waals surface area contributed by atoms with E-state index < -0.39 is 0 Å². The Bertz CT molecular complexity index is 817. The number of fused-ring (bicyclic) bond motifs is 1. The quantitative estimate of drug-likeness (QED) is 0.610. The summed E-state index contributed by atoms with van der Waals surface area (Å²) < 4.78 is 10.6. The van der Waals surface area contributed by atoms with Gasteiger partial charge in [-0.25, -0.2) is 4.79 Å². The van der Waals surface area contributed by atoms with E-state index in [1.807, 2.05) is 13.8 Å². The highest BCUT2D eigenvalue weighted by Crippen LogP contribution is 2.40. The molecule has 2 aromatic rings. The number of thiophene rings is 1. The van der Waals surface area contributed by atoms with E-state index >= 15 is 0 Å². The van der Waals surface area contributed by atoms with Crippen molar-refractivity contribution in [2.45, 2.75) is 46.1 Å². The van der Waals surface area contributed by atoms with Crippen LogP contribution in [0.3, 0.4) is 0 Å². The topological polar surface area (TPSA) is 68.5 Å². The Kier molecular flexibility index (Phi) is 5.61. The van der Waals surface area contributed by atoms with E-state index in [2.05, 4.69) is 12.2 Å². The molecule has 26 heavy (non-hydrogen) atoms. The lowest BCUT2D eigenvalue weighted by atomic mass is 9.88. The van der Waals surface area contributed by atoms with Crippen molar-refractivity contribution in [1.29, 1.82) is 0 Å². The van der Waals surface area contributed by atoms with Crippen LogP contribution < -0.4 is 5.32 Å². The molecule has 5 nitrogen and oxygen atoms in total. The summed E-state index contributed by atoms with van der Waals surface area (Å²) in [6.07, 6.45) is 7.15. The van der Waals surface area contributed by atoms with Gasteiger partial charge in [-0.3, -0.25) is 4.79 Å². The van der Waals surface area contributed by atoms with Gasteiger partial charge in [-0.05, 0) is 62.8 Å². The van der Waals surface area contributed by atoms with Gasteiger partial charge in [-0.15, -0.1) is 11.3 Å². The van der Waals surface area contributed by atoms with Gasteiger partial charge in [-0.2, -0.15) is 0 Å². The number of rotatable bonds is 5. The zero-order chi connectivity index (χ0) is 18.7. The molecule has 0 fully saturated rings. The highest BCUT2D eigenvalue weighted by Gasteiger charge is 2.29. The first-order valence-electron chi connectivity index (χ1n) is 8.82. The zero-order valence-corrected chi connectivity index (χ0v) is 16.0. The lowest BCUT2D eigenvalue weighted by molar-refractivity contribution is -0.111. The largest absolute Gasteiger partial charge is 0.465 e. The Morgan fingerprint density at radius 1 is 1.42 bits per heavy atom. The first-order chi connectivity index (χ1) is 12.4. The van der Waals surface area contributed by atoms with Crippen LogP contribution >= 0.6 is 11.3 Å². The van der Waals surface area contributed by atoms with Crippen molar-refractivity contribution in [3.05, 3.63) is 46.2 Å².